The molecule has 1 aromatic heterocycles. The molecule has 2 aromatic rings. The first-order chi connectivity index (χ1) is 11.7. The smallest absolute Gasteiger partial charge is 0.191 e. The molecule has 0 amide bonds. The third-order valence-electron chi connectivity index (χ3n) is 3.74. The van der Waals surface area contributed by atoms with E-state index in [1.807, 2.05) is 0 Å². The van der Waals surface area contributed by atoms with E-state index in [2.05, 4.69) is 21.8 Å². The maximum absolute atomic E-state index is 13.6. The lowest BCUT2D eigenvalue weighted by atomic mass is 10.1. The van der Waals surface area contributed by atoms with Gasteiger partial charge in [0.05, 0.1) is 13.1 Å². The van der Waals surface area contributed by atoms with Crippen molar-refractivity contribution >= 4 is 23.4 Å². The fourth-order valence-corrected chi connectivity index (χ4v) is 3.33. The molecule has 1 aliphatic heterocycles. The van der Waals surface area contributed by atoms with Crippen LogP contribution in [0.25, 0.3) is 0 Å². The Morgan fingerprint density at radius 3 is 2.88 bits per heavy atom. The Labute approximate surface area is 145 Å². The number of ether oxygens (including phenoxy) is 1. The highest BCUT2D eigenvalue weighted by Crippen LogP contribution is 2.27. The van der Waals surface area contributed by atoms with Gasteiger partial charge >= 0.3 is 0 Å². The Bertz CT molecular complexity index is 694. The van der Waals surface area contributed by atoms with E-state index in [1.54, 1.807) is 36.0 Å². The monoisotopic (exact) mass is 348 g/mol. The molecular formula is C17H21FN4OS. The van der Waals surface area contributed by atoms with Gasteiger partial charge in [-0.05, 0) is 18.6 Å². The lowest BCUT2D eigenvalue weighted by Gasteiger charge is -2.39. The molecule has 24 heavy (non-hydrogen) atoms. The lowest BCUT2D eigenvalue weighted by Crippen LogP contribution is -2.54. The molecule has 2 N–H and O–H groups in total. The summed E-state index contributed by atoms with van der Waals surface area (Å²) in [4.78, 5) is 10.9. The predicted molar refractivity (Wildman–Crippen MR) is 95.1 cm³/mol. The number of aromatic nitrogens is 2. The number of halogens is 1. The number of nitrogens with two attached hydrogens (primary N) is 1. The fraction of sp³-hybridized carbons (Fsp3) is 0.412. The van der Waals surface area contributed by atoms with Crippen LogP contribution < -0.4 is 15.4 Å². The number of thioether (sulfide) groups is 1. The first-order valence-corrected chi connectivity index (χ1v) is 9.07. The summed E-state index contributed by atoms with van der Waals surface area (Å²) in [7, 11) is 0. The molecule has 0 unspecified atom stereocenters. The zero-order chi connectivity index (χ0) is 16.9. The van der Waals surface area contributed by atoms with Crippen LogP contribution >= 0.6 is 11.8 Å². The predicted octanol–water partition coefficient (Wildman–Crippen LogP) is 3.36. The van der Waals surface area contributed by atoms with Crippen molar-refractivity contribution in [3.05, 3.63) is 36.1 Å². The maximum atomic E-state index is 13.6. The van der Waals surface area contributed by atoms with Gasteiger partial charge in [0.1, 0.15) is 17.7 Å². The average Bonchev–Trinajstić information content (AvgIpc) is 2.52. The molecule has 0 radical (unpaired) electrons. The maximum Gasteiger partial charge on any atom is 0.191 e. The first-order valence-electron chi connectivity index (χ1n) is 8.09. The minimum Gasteiger partial charge on any atom is -0.484 e. The van der Waals surface area contributed by atoms with E-state index in [9.17, 15) is 4.39 Å². The van der Waals surface area contributed by atoms with Crippen LogP contribution in [-0.2, 0) is 0 Å². The summed E-state index contributed by atoms with van der Waals surface area (Å²) in [5, 5.41) is 0.705. The normalized spacial score (nSPS) is 14.5. The summed E-state index contributed by atoms with van der Waals surface area (Å²) < 4.78 is 19.3. The number of hydrogen-bond donors (Lipinski definition) is 1. The van der Waals surface area contributed by atoms with Gasteiger partial charge in [0.25, 0.3) is 0 Å². The molecule has 1 aromatic carbocycles. The van der Waals surface area contributed by atoms with Gasteiger partial charge in [0, 0.05) is 11.8 Å². The summed E-state index contributed by atoms with van der Waals surface area (Å²) >= 11 is 1.62. The Morgan fingerprint density at radius 2 is 2.12 bits per heavy atom. The van der Waals surface area contributed by atoms with E-state index >= 15 is 0 Å². The van der Waals surface area contributed by atoms with E-state index in [-0.39, 0.29) is 11.9 Å². The minimum atomic E-state index is -0.336. The van der Waals surface area contributed by atoms with Crippen molar-refractivity contribution in [2.75, 3.05) is 29.5 Å². The van der Waals surface area contributed by atoms with Crippen LogP contribution in [0, 0.1) is 5.82 Å². The summed E-state index contributed by atoms with van der Waals surface area (Å²) in [6, 6.07) is 8.22. The molecule has 0 aliphatic carbocycles. The third-order valence-corrected chi connectivity index (χ3v) is 4.68. The first kappa shape index (κ1) is 16.8. The van der Waals surface area contributed by atoms with Crippen LogP contribution in [0.2, 0.25) is 0 Å². The number of para-hydroxylation sites is 1. The highest BCUT2D eigenvalue weighted by molar-refractivity contribution is 7.99. The van der Waals surface area contributed by atoms with E-state index in [0.29, 0.717) is 29.8 Å². The second-order valence-electron chi connectivity index (χ2n) is 5.71. The van der Waals surface area contributed by atoms with Crippen molar-refractivity contribution < 1.29 is 9.13 Å². The van der Waals surface area contributed by atoms with E-state index in [4.69, 9.17) is 10.5 Å². The van der Waals surface area contributed by atoms with Crippen LogP contribution in [-0.4, -0.2) is 34.9 Å². The Balaban J connectivity index is 1.58. The molecule has 1 fully saturated rings. The number of anilines is 2. The van der Waals surface area contributed by atoms with Crippen LogP contribution in [0.3, 0.4) is 0 Å². The highest BCUT2D eigenvalue weighted by Gasteiger charge is 2.30. The number of nitrogen functional groups attached to an aromatic ring is 1. The van der Waals surface area contributed by atoms with Crippen LogP contribution in [0.4, 0.5) is 16.0 Å². The summed E-state index contributed by atoms with van der Waals surface area (Å²) in [5.41, 5.74) is 5.89. The van der Waals surface area contributed by atoms with Crippen molar-refractivity contribution in [2.24, 2.45) is 0 Å². The molecule has 3 rings (SSSR count). The molecule has 5 nitrogen and oxygen atoms in total. The zero-order valence-corrected chi connectivity index (χ0v) is 14.4. The van der Waals surface area contributed by atoms with Crippen molar-refractivity contribution in [3.63, 3.8) is 0 Å². The van der Waals surface area contributed by atoms with Crippen LogP contribution in [0.5, 0.6) is 5.75 Å². The number of unbranched alkanes of at least 4 members (excludes halogenated alkanes) is 1. The zero-order valence-electron chi connectivity index (χ0n) is 13.6. The molecule has 1 saturated heterocycles. The van der Waals surface area contributed by atoms with Gasteiger partial charge in [0.15, 0.2) is 16.7 Å². The molecule has 0 saturated carbocycles. The van der Waals surface area contributed by atoms with Gasteiger partial charge in [-0.1, -0.05) is 37.2 Å². The Morgan fingerprint density at radius 1 is 1.33 bits per heavy atom. The van der Waals surface area contributed by atoms with E-state index < -0.39 is 0 Å². The Hall–Kier alpha value is -2.02. The lowest BCUT2D eigenvalue weighted by molar-refractivity contribution is 0.160. The van der Waals surface area contributed by atoms with Crippen molar-refractivity contribution in [2.45, 2.75) is 31.0 Å². The van der Waals surface area contributed by atoms with Crippen molar-refractivity contribution in [1.82, 2.24) is 9.97 Å². The van der Waals surface area contributed by atoms with Crippen molar-refractivity contribution in [1.29, 1.82) is 0 Å². The molecule has 7 heteroatoms. The molecular weight excluding hydrogens is 327 g/mol. The molecule has 1 aliphatic rings. The quantitative estimate of drug-likeness (QED) is 0.470. The van der Waals surface area contributed by atoms with Crippen molar-refractivity contribution in [3.8, 4) is 5.75 Å². The van der Waals surface area contributed by atoms with Gasteiger partial charge in [-0.15, -0.1) is 0 Å². The second kappa shape index (κ2) is 7.70. The third kappa shape index (κ3) is 4.08. The fourth-order valence-electron chi connectivity index (χ4n) is 2.38. The Kier molecular flexibility index (Phi) is 5.40. The summed E-state index contributed by atoms with van der Waals surface area (Å²) in [5.74, 6) is 2.21. The van der Waals surface area contributed by atoms with Crippen LogP contribution in [0.1, 0.15) is 19.8 Å². The second-order valence-corrected chi connectivity index (χ2v) is 6.77. The number of nitrogens with zero attached hydrogens (tertiary/aromatic N) is 3. The molecule has 0 bridgehead atoms. The van der Waals surface area contributed by atoms with Gasteiger partial charge in [-0.2, -0.15) is 0 Å². The largest absolute Gasteiger partial charge is 0.484 e. The van der Waals surface area contributed by atoms with Gasteiger partial charge < -0.3 is 15.4 Å². The molecule has 0 atom stereocenters. The SMILES string of the molecule is CCCCSc1nc(N)cc(N2CC(Oc3ccccc3F)C2)n1. The topological polar surface area (TPSA) is 64.3 Å². The van der Waals surface area contributed by atoms with Gasteiger partial charge in [-0.25, -0.2) is 14.4 Å². The average molecular weight is 348 g/mol. The molecule has 128 valence electrons. The summed E-state index contributed by atoms with van der Waals surface area (Å²) in [6.45, 7) is 3.47. The van der Waals surface area contributed by atoms with E-state index in [1.165, 1.54) is 6.07 Å². The minimum absolute atomic E-state index is 0.0470. The molecule has 0 spiro atoms. The number of rotatable bonds is 7. The number of benzene rings is 1. The van der Waals surface area contributed by atoms with E-state index in [0.717, 1.165) is 24.4 Å². The molecule has 2 heterocycles. The standard InChI is InChI=1S/C17H21FN4OS/c1-2-3-8-24-17-20-15(19)9-16(21-17)22-10-12(11-22)23-14-7-5-4-6-13(14)18/h4-7,9,12H,2-3,8,10-11H2,1H3,(H2,19,20,21). The summed E-state index contributed by atoms with van der Waals surface area (Å²) in [6.07, 6.45) is 2.22. The number of hydrogen-bond acceptors (Lipinski definition) is 6. The van der Waals surface area contributed by atoms with Crippen LogP contribution in [0.15, 0.2) is 35.5 Å². The van der Waals surface area contributed by atoms with Gasteiger partial charge in [0.2, 0.25) is 0 Å². The highest BCUT2D eigenvalue weighted by atomic mass is 32.2. The van der Waals surface area contributed by atoms with Gasteiger partial charge in [-0.3, -0.25) is 0 Å².